The number of carbonyl (C=O) groups excluding carboxylic acids is 1. The molecule has 0 radical (unpaired) electrons. The van der Waals surface area contributed by atoms with E-state index in [1.54, 1.807) is 14.0 Å². The molecular formula is C17H17N3O4. The standard InChI is InChI=1S/C17H17N3O4/c1-12(10-13-6-8-16(24-2)9-7-13)18-19-17(21)14-4-3-5-15(11-14)20(22)23/h3-9,11H,10H2,1-2H3,(H,19,21)/b18-12-. The van der Waals surface area contributed by atoms with Gasteiger partial charge in [-0.2, -0.15) is 5.10 Å². The van der Waals surface area contributed by atoms with Gasteiger partial charge in [-0.3, -0.25) is 14.9 Å². The monoisotopic (exact) mass is 327 g/mol. The molecule has 0 aromatic heterocycles. The normalized spacial score (nSPS) is 11.0. The zero-order chi connectivity index (χ0) is 17.5. The predicted molar refractivity (Wildman–Crippen MR) is 90.4 cm³/mol. The van der Waals surface area contributed by atoms with Crippen LogP contribution < -0.4 is 10.2 Å². The molecule has 0 saturated carbocycles. The summed E-state index contributed by atoms with van der Waals surface area (Å²) < 4.78 is 5.09. The number of ether oxygens (including phenoxy) is 1. The lowest BCUT2D eigenvalue weighted by atomic mass is 10.1. The number of non-ortho nitro benzene ring substituents is 1. The van der Waals surface area contributed by atoms with Crippen molar-refractivity contribution in [3.05, 3.63) is 69.8 Å². The van der Waals surface area contributed by atoms with Gasteiger partial charge in [0.1, 0.15) is 5.75 Å². The first-order valence-electron chi connectivity index (χ1n) is 7.20. The van der Waals surface area contributed by atoms with Gasteiger partial charge in [-0.15, -0.1) is 0 Å². The predicted octanol–water partition coefficient (Wildman–Crippen LogP) is 2.95. The largest absolute Gasteiger partial charge is 0.497 e. The number of carbonyl (C=O) groups is 1. The number of hydrazone groups is 1. The minimum atomic E-state index is -0.547. The Balaban J connectivity index is 1.99. The van der Waals surface area contributed by atoms with E-state index in [0.717, 1.165) is 11.3 Å². The molecule has 124 valence electrons. The zero-order valence-corrected chi connectivity index (χ0v) is 13.4. The summed E-state index contributed by atoms with van der Waals surface area (Å²) in [6.45, 7) is 1.79. The summed E-state index contributed by atoms with van der Waals surface area (Å²) >= 11 is 0. The number of benzene rings is 2. The number of amides is 1. The number of rotatable bonds is 6. The number of nitro benzene ring substituents is 1. The molecule has 0 fully saturated rings. The van der Waals surface area contributed by atoms with Gasteiger partial charge in [0.15, 0.2) is 0 Å². The Morgan fingerprint density at radius 2 is 1.96 bits per heavy atom. The highest BCUT2D eigenvalue weighted by Crippen LogP contribution is 2.13. The molecule has 7 nitrogen and oxygen atoms in total. The fourth-order valence-electron chi connectivity index (χ4n) is 2.05. The maximum Gasteiger partial charge on any atom is 0.271 e. The minimum Gasteiger partial charge on any atom is -0.497 e. The van der Waals surface area contributed by atoms with Gasteiger partial charge in [0.2, 0.25) is 0 Å². The van der Waals surface area contributed by atoms with Gasteiger partial charge in [-0.1, -0.05) is 18.2 Å². The molecule has 7 heteroatoms. The summed E-state index contributed by atoms with van der Waals surface area (Å²) in [5, 5.41) is 14.8. The smallest absolute Gasteiger partial charge is 0.271 e. The minimum absolute atomic E-state index is 0.137. The average molecular weight is 327 g/mol. The van der Waals surface area contributed by atoms with Crippen LogP contribution in [0.3, 0.4) is 0 Å². The molecule has 0 spiro atoms. The molecule has 0 aliphatic heterocycles. The Morgan fingerprint density at radius 1 is 1.25 bits per heavy atom. The number of nitro groups is 1. The molecule has 2 aromatic rings. The van der Waals surface area contributed by atoms with Gasteiger partial charge in [-0.05, 0) is 30.7 Å². The summed E-state index contributed by atoms with van der Waals surface area (Å²) in [7, 11) is 1.60. The van der Waals surface area contributed by atoms with Crippen LogP contribution in [0.25, 0.3) is 0 Å². The third-order valence-corrected chi connectivity index (χ3v) is 3.29. The van der Waals surface area contributed by atoms with Gasteiger partial charge in [-0.25, -0.2) is 5.43 Å². The van der Waals surface area contributed by atoms with Crippen LogP contribution >= 0.6 is 0 Å². The first-order valence-corrected chi connectivity index (χ1v) is 7.20. The van der Waals surface area contributed by atoms with Gasteiger partial charge in [0.25, 0.3) is 11.6 Å². The molecule has 0 bridgehead atoms. The Labute approximate surface area is 139 Å². The number of nitrogens with one attached hydrogen (secondary N) is 1. The zero-order valence-electron chi connectivity index (χ0n) is 13.4. The molecule has 0 heterocycles. The van der Waals surface area contributed by atoms with E-state index in [1.165, 1.54) is 24.3 Å². The Morgan fingerprint density at radius 3 is 2.58 bits per heavy atom. The topological polar surface area (TPSA) is 93.8 Å². The van der Waals surface area contributed by atoms with E-state index < -0.39 is 10.8 Å². The van der Waals surface area contributed by atoms with Crippen molar-refractivity contribution < 1.29 is 14.5 Å². The molecule has 1 N–H and O–H groups in total. The first kappa shape index (κ1) is 17.1. The maximum absolute atomic E-state index is 12.0. The fraction of sp³-hybridized carbons (Fsp3) is 0.176. The quantitative estimate of drug-likeness (QED) is 0.501. The van der Waals surface area contributed by atoms with Crippen molar-refractivity contribution in [3.63, 3.8) is 0 Å². The molecule has 1 amide bonds. The van der Waals surface area contributed by atoms with E-state index in [4.69, 9.17) is 4.74 Å². The molecule has 0 atom stereocenters. The third-order valence-electron chi connectivity index (χ3n) is 3.29. The van der Waals surface area contributed by atoms with Crippen LogP contribution in [-0.2, 0) is 6.42 Å². The number of nitrogens with zero attached hydrogens (tertiary/aromatic N) is 2. The number of hydrogen-bond donors (Lipinski definition) is 1. The van der Waals surface area contributed by atoms with Crippen molar-refractivity contribution in [1.29, 1.82) is 0 Å². The lowest BCUT2D eigenvalue weighted by Crippen LogP contribution is -2.19. The van der Waals surface area contributed by atoms with Gasteiger partial charge >= 0.3 is 0 Å². The van der Waals surface area contributed by atoms with Crippen molar-refractivity contribution >= 4 is 17.3 Å². The third kappa shape index (κ3) is 4.64. The van der Waals surface area contributed by atoms with E-state index in [9.17, 15) is 14.9 Å². The van der Waals surface area contributed by atoms with Crippen LogP contribution in [0.1, 0.15) is 22.8 Å². The Hall–Kier alpha value is -3.22. The molecule has 0 unspecified atom stereocenters. The van der Waals surface area contributed by atoms with E-state index in [1.807, 2.05) is 24.3 Å². The van der Waals surface area contributed by atoms with Crippen LogP contribution in [-0.4, -0.2) is 23.7 Å². The molecule has 0 aliphatic rings. The SMILES string of the molecule is COc1ccc(C/C(C)=N\NC(=O)c2cccc([N+](=O)[O-])c2)cc1. The Kier molecular flexibility index (Phi) is 5.62. The molecule has 24 heavy (non-hydrogen) atoms. The van der Waals surface area contributed by atoms with Gasteiger partial charge < -0.3 is 4.74 Å². The highest BCUT2D eigenvalue weighted by molar-refractivity contribution is 5.96. The fourth-order valence-corrected chi connectivity index (χ4v) is 2.05. The van der Waals surface area contributed by atoms with Crippen molar-refractivity contribution in [2.75, 3.05) is 7.11 Å². The summed E-state index contributed by atoms with van der Waals surface area (Å²) in [5.74, 6) is 0.278. The summed E-state index contributed by atoms with van der Waals surface area (Å²) in [5.41, 5.74) is 4.19. The summed E-state index contributed by atoms with van der Waals surface area (Å²) in [6, 6.07) is 13.0. The summed E-state index contributed by atoms with van der Waals surface area (Å²) in [4.78, 5) is 22.2. The molecule has 0 saturated heterocycles. The van der Waals surface area contributed by atoms with E-state index in [2.05, 4.69) is 10.5 Å². The first-order chi connectivity index (χ1) is 11.5. The van der Waals surface area contributed by atoms with E-state index in [0.29, 0.717) is 12.1 Å². The lowest BCUT2D eigenvalue weighted by Gasteiger charge is -2.04. The Bertz CT molecular complexity index is 770. The van der Waals surface area contributed by atoms with Gasteiger partial charge in [0.05, 0.1) is 12.0 Å². The second-order valence-corrected chi connectivity index (χ2v) is 5.12. The van der Waals surface area contributed by atoms with Crippen molar-refractivity contribution in [2.45, 2.75) is 13.3 Å². The summed E-state index contributed by atoms with van der Waals surface area (Å²) in [6.07, 6.45) is 0.569. The van der Waals surface area contributed by atoms with Crippen LogP contribution in [0.2, 0.25) is 0 Å². The van der Waals surface area contributed by atoms with Crippen LogP contribution in [0.4, 0.5) is 5.69 Å². The second kappa shape index (κ2) is 7.87. The van der Waals surface area contributed by atoms with Crippen LogP contribution in [0, 0.1) is 10.1 Å². The molecule has 0 aliphatic carbocycles. The lowest BCUT2D eigenvalue weighted by molar-refractivity contribution is -0.384. The molecule has 2 rings (SSSR count). The van der Waals surface area contributed by atoms with E-state index >= 15 is 0 Å². The van der Waals surface area contributed by atoms with E-state index in [-0.39, 0.29) is 11.3 Å². The van der Waals surface area contributed by atoms with Crippen molar-refractivity contribution in [1.82, 2.24) is 5.43 Å². The van der Waals surface area contributed by atoms with Crippen molar-refractivity contribution in [3.8, 4) is 5.75 Å². The van der Waals surface area contributed by atoms with Gasteiger partial charge in [0, 0.05) is 29.8 Å². The van der Waals surface area contributed by atoms with Crippen molar-refractivity contribution in [2.24, 2.45) is 5.10 Å². The second-order valence-electron chi connectivity index (χ2n) is 5.12. The van der Waals surface area contributed by atoms with Crippen LogP contribution in [0.5, 0.6) is 5.75 Å². The highest BCUT2D eigenvalue weighted by Gasteiger charge is 2.11. The van der Waals surface area contributed by atoms with Crippen LogP contribution in [0.15, 0.2) is 53.6 Å². The number of methoxy groups -OCH3 is 1. The highest BCUT2D eigenvalue weighted by atomic mass is 16.6. The molecular weight excluding hydrogens is 310 g/mol. The average Bonchev–Trinajstić information content (AvgIpc) is 2.60. The molecule has 2 aromatic carbocycles. The number of hydrogen-bond acceptors (Lipinski definition) is 5. The maximum atomic E-state index is 12.0.